The molecule has 0 amide bonds. The predicted octanol–water partition coefficient (Wildman–Crippen LogP) is 3.92. The van der Waals surface area contributed by atoms with Crippen LogP contribution in [0.2, 0.25) is 0 Å². The van der Waals surface area contributed by atoms with Crippen molar-refractivity contribution < 1.29 is 0 Å². The lowest BCUT2D eigenvalue weighted by molar-refractivity contribution is 0.693. The molecule has 1 saturated heterocycles. The SMILES string of the molecule is CC1CSCCN1c1ncc(CCl)c2ccccc12. The van der Waals surface area contributed by atoms with Gasteiger partial charge in [-0.3, -0.25) is 0 Å². The summed E-state index contributed by atoms with van der Waals surface area (Å²) in [6.07, 6.45) is 1.93. The number of rotatable bonds is 2. The normalized spacial score (nSPS) is 19.9. The van der Waals surface area contributed by atoms with Gasteiger partial charge in [0, 0.05) is 41.6 Å². The maximum atomic E-state index is 6.02. The van der Waals surface area contributed by atoms with Gasteiger partial charge in [0.05, 0.1) is 0 Å². The van der Waals surface area contributed by atoms with Gasteiger partial charge >= 0.3 is 0 Å². The first kappa shape index (κ1) is 13.1. The van der Waals surface area contributed by atoms with Crippen LogP contribution in [0.4, 0.5) is 5.82 Å². The minimum atomic E-state index is 0.513. The predicted molar refractivity (Wildman–Crippen MR) is 85.4 cm³/mol. The number of hydrogen-bond acceptors (Lipinski definition) is 3. The molecular weight excluding hydrogens is 276 g/mol. The number of anilines is 1. The molecule has 0 spiro atoms. The quantitative estimate of drug-likeness (QED) is 0.781. The summed E-state index contributed by atoms with van der Waals surface area (Å²) in [5, 5.41) is 2.45. The Morgan fingerprint density at radius 1 is 1.37 bits per heavy atom. The van der Waals surface area contributed by atoms with Crippen LogP contribution in [-0.4, -0.2) is 29.1 Å². The van der Waals surface area contributed by atoms with Crippen molar-refractivity contribution >= 4 is 40.0 Å². The van der Waals surface area contributed by atoms with E-state index in [1.54, 1.807) is 0 Å². The Balaban J connectivity index is 2.13. The molecule has 0 aliphatic carbocycles. The first-order valence-electron chi connectivity index (χ1n) is 6.58. The van der Waals surface area contributed by atoms with E-state index in [2.05, 4.69) is 41.1 Å². The van der Waals surface area contributed by atoms with Crippen LogP contribution in [-0.2, 0) is 5.88 Å². The van der Waals surface area contributed by atoms with Crippen LogP contribution >= 0.6 is 23.4 Å². The summed E-state index contributed by atoms with van der Waals surface area (Å²) in [4.78, 5) is 7.11. The zero-order valence-electron chi connectivity index (χ0n) is 11.0. The van der Waals surface area contributed by atoms with Crippen LogP contribution in [0, 0.1) is 0 Å². The molecule has 1 aromatic carbocycles. The molecule has 0 N–H and O–H groups in total. The lowest BCUT2D eigenvalue weighted by Gasteiger charge is -2.34. The maximum Gasteiger partial charge on any atom is 0.136 e. The number of aromatic nitrogens is 1. The molecule has 1 unspecified atom stereocenters. The molecule has 100 valence electrons. The van der Waals surface area contributed by atoms with E-state index in [1.807, 2.05) is 18.0 Å². The van der Waals surface area contributed by atoms with Crippen molar-refractivity contribution in [2.24, 2.45) is 0 Å². The maximum absolute atomic E-state index is 6.02. The number of nitrogens with zero attached hydrogens (tertiary/aromatic N) is 2. The van der Waals surface area contributed by atoms with Crippen LogP contribution in [0.1, 0.15) is 12.5 Å². The van der Waals surface area contributed by atoms with E-state index in [0.29, 0.717) is 11.9 Å². The van der Waals surface area contributed by atoms with Crippen molar-refractivity contribution in [3.8, 4) is 0 Å². The number of thioether (sulfide) groups is 1. The van der Waals surface area contributed by atoms with E-state index in [9.17, 15) is 0 Å². The number of hydrogen-bond donors (Lipinski definition) is 0. The van der Waals surface area contributed by atoms with Crippen LogP contribution in [0.3, 0.4) is 0 Å². The summed E-state index contributed by atoms with van der Waals surface area (Å²) in [5.74, 6) is 3.97. The van der Waals surface area contributed by atoms with Crippen molar-refractivity contribution in [2.45, 2.75) is 18.8 Å². The third-order valence-corrected chi connectivity index (χ3v) is 5.12. The second-order valence-corrected chi connectivity index (χ2v) is 6.32. The Morgan fingerprint density at radius 2 is 2.16 bits per heavy atom. The highest BCUT2D eigenvalue weighted by Gasteiger charge is 2.22. The first-order chi connectivity index (χ1) is 9.31. The van der Waals surface area contributed by atoms with E-state index in [4.69, 9.17) is 11.6 Å². The van der Waals surface area contributed by atoms with Gasteiger partial charge in [-0.05, 0) is 17.9 Å². The Bertz CT molecular complexity index is 587. The van der Waals surface area contributed by atoms with Gasteiger partial charge in [0.25, 0.3) is 0 Å². The van der Waals surface area contributed by atoms with E-state index < -0.39 is 0 Å². The second-order valence-electron chi connectivity index (χ2n) is 4.90. The summed E-state index contributed by atoms with van der Waals surface area (Å²) < 4.78 is 0. The molecule has 1 aliphatic heterocycles. The molecular formula is C15H17ClN2S. The molecule has 2 nitrogen and oxygen atoms in total. The Morgan fingerprint density at radius 3 is 2.89 bits per heavy atom. The van der Waals surface area contributed by atoms with Crippen molar-refractivity contribution in [1.82, 2.24) is 4.98 Å². The molecule has 4 heteroatoms. The van der Waals surface area contributed by atoms with Crippen molar-refractivity contribution in [3.63, 3.8) is 0 Å². The number of benzene rings is 1. The van der Waals surface area contributed by atoms with Gasteiger partial charge in [-0.15, -0.1) is 11.6 Å². The minimum Gasteiger partial charge on any atom is -0.352 e. The fourth-order valence-corrected chi connectivity index (χ4v) is 3.84. The molecule has 1 aliphatic rings. The standard InChI is InChI=1S/C15H17ClN2S/c1-11-10-19-7-6-18(11)15-14-5-3-2-4-13(14)12(8-16)9-17-15/h2-5,9,11H,6-8,10H2,1H3. The third kappa shape index (κ3) is 2.41. The highest BCUT2D eigenvalue weighted by Crippen LogP contribution is 2.31. The van der Waals surface area contributed by atoms with Crippen LogP contribution in [0.15, 0.2) is 30.5 Å². The van der Waals surface area contributed by atoms with Gasteiger partial charge < -0.3 is 4.90 Å². The van der Waals surface area contributed by atoms with Crippen molar-refractivity contribution in [3.05, 3.63) is 36.0 Å². The number of halogens is 1. The molecule has 0 saturated carbocycles. The summed E-state index contributed by atoms with van der Waals surface area (Å²) >= 11 is 8.04. The van der Waals surface area contributed by atoms with E-state index in [0.717, 1.165) is 17.9 Å². The van der Waals surface area contributed by atoms with Gasteiger partial charge in [0.2, 0.25) is 0 Å². The highest BCUT2D eigenvalue weighted by atomic mass is 35.5. The summed E-state index contributed by atoms with van der Waals surface area (Å²) in [5.41, 5.74) is 1.11. The largest absolute Gasteiger partial charge is 0.352 e. The molecule has 1 aromatic heterocycles. The Kier molecular flexibility index (Phi) is 3.85. The molecule has 3 rings (SSSR count). The van der Waals surface area contributed by atoms with Gasteiger partial charge in [0.15, 0.2) is 0 Å². The van der Waals surface area contributed by atoms with Gasteiger partial charge in [-0.1, -0.05) is 24.3 Å². The average Bonchev–Trinajstić information content (AvgIpc) is 2.47. The lowest BCUT2D eigenvalue weighted by Crippen LogP contribution is -2.41. The molecule has 0 bridgehead atoms. The average molecular weight is 293 g/mol. The lowest BCUT2D eigenvalue weighted by atomic mass is 10.1. The number of alkyl halides is 1. The smallest absolute Gasteiger partial charge is 0.136 e. The van der Waals surface area contributed by atoms with Crippen molar-refractivity contribution in [2.75, 3.05) is 23.0 Å². The second kappa shape index (κ2) is 5.59. The van der Waals surface area contributed by atoms with Gasteiger partial charge in [-0.2, -0.15) is 11.8 Å². The van der Waals surface area contributed by atoms with E-state index in [-0.39, 0.29) is 0 Å². The van der Waals surface area contributed by atoms with Crippen molar-refractivity contribution in [1.29, 1.82) is 0 Å². The monoisotopic (exact) mass is 292 g/mol. The molecule has 19 heavy (non-hydrogen) atoms. The fourth-order valence-electron chi connectivity index (χ4n) is 2.61. The molecule has 1 fully saturated rings. The summed E-state index contributed by atoms with van der Waals surface area (Å²) in [7, 11) is 0. The fraction of sp³-hybridized carbons (Fsp3) is 0.400. The molecule has 2 aromatic rings. The van der Waals surface area contributed by atoms with Gasteiger partial charge in [0.1, 0.15) is 5.82 Å². The first-order valence-corrected chi connectivity index (χ1v) is 8.27. The van der Waals surface area contributed by atoms with Crippen LogP contribution in [0.25, 0.3) is 10.8 Å². The molecule has 2 heterocycles. The minimum absolute atomic E-state index is 0.513. The third-order valence-electron chi connectivity index (χ3n) is 3.64. The number of fused-ring (bicyclic) bond motifs is 1. The number of pyridine rings is 1. The van der Waals surface area contributed by atoms with Crippen LogP contribution < -0.4 is 4.90 Å². The zero-order valence-corrected chi connectivity index (χ0v) is 12.5. The van der Waals surface area contributed by atoms with E-state index in [1.165, 1.54) is 22.3 Å². The van der Waals surface area contributed by atoms with Crippen LogP contribution in [0.5, 0.6) is 0 Å². The highest BCUT2D eigenvalue weighted by molar-refractivity contribution is 7.99. The topological polar surface area (TPSA) is 16.1 Å². The van der Waals surface area contributed by atoms with E-state index >= 15 is 0 Å². The Labute approximate surface area is 123 Å². The molecule has 1 atom stereocenters. The Hall–Kier alpha value is -0.930. The summed E-state index contributed by atoms with van der Waals surface area (Å²) in [6.45, 7) is 3.35. The molecule has 0 radical (unpaired) electrons. The zero-order chi connectivity index (χ0) is 13.2. The van der Waals surface area contributed by atoms with Gasteiger partial charge in [-0.25, -0.2) is 4.98 Å². The summed E-state index contributed by atoms with van der Waals surface area (Å²) in [6, 6.07) is 8.98.